The van der Waals surface area contributed by atoms with Gasteiger partial charge in [-0.3, -0.25) is 4.90 Å². The molecule has 2 rings (SSSR count). The number of para-hydroxylation sites is 1. The van der Waals surface area contributed by atoms with Crippen molar-refractivity contribution in [3.8, 4) is 0 Å². The van der Waals surface area contributed by atoms with Crippen molar-refractivity contribution < 1.29 is 0 Å². The Labute approximate surface area is 128 Å². The largest absolute Gasteiger partial charge is 0.398 e. The third-order valence-corrected chi connectivity index (χ3v) is 4.02. The smallest absolute Gasteiger partial charge is 0.0359 e. The summed E-state index contributed by atoms with van der Waals surface area (Å²) in [5, 5.41) is 0. The first-order valence-corrected chi connectivity index (χ1v) is 7.72. The Hall–Kier alpha value is -1.80. The molecule has 0 spiro atoms. The van der Waals surface area contributed by atoms with Crippen molar-refractivity contribution in [3.63, 3.8) is 0 Å². The number of nitrogens with zero attached hydrogens (tertiary/aromatic N) is 1. The summed E-state index contributed by atoms with van der Waals surface area (Å²) in [5.74, 6) is 0. The van der Waals surface area contributed by atoms with Gasteiger partial charge in [0.1, 0.15) is 0 Å². The zero-order chi connectivity index (χ0) is 15.2. The van der Waals surface area contributed by atoms with Crippen LogP contribution in [-0.2, 0) is 13.1 Å². The summed E-state index contributed by atoms with van der Waals surface area (Å²) >= 11 is 0. The lowest BCUT2D eigenvalue weighted by atomic mass is 10.0. The van der Waals surface area contributed by atoms with Crippen molar-refractivity contribution in [2.45, 2.75) is 40.3 Å². The predicted octanol–water partition coefficient (Wildman–Crippen LogP) is 4.30. The molecule has 0 atom stereocenters. The van der Waals surface area contributed by atoms with Crippen molar-refractivity contribution in [2.24, 2.45) is 0 Å². The fourth-order valence-electron chi connectivity index (χ4n) is 2.77. The van der Waals surface area contributed by atoms with Gasteiger partial charge in [-0.25, -0.2) is 0 Å². The van der Waals surface area contributed by atoms with Crippen LogP contribution < -0.4 is 5.73 Å². The van der Waals surface area contributed by atoms with Crippen LogP contribution in [0, 0.1) is 13.8 Å². The fourth-order valence-corrected chi connectivity index (χ4v) is 2.77. The predicted molar refractivity (Wildman–Crippen MR) is 91.2 cm³/mol. The van der Waals surface area contributed by atoms with E-state index in [1.54, 1.807) is 0 Å². The van der Waals surface area contributed by atoms with Gasteiger partial charge in [0.2, 0.25) is 0 Å². The second-order valence-electron chi connectivity index (χ2n) is 5.78. The van der Waals surface area contributed by atoms with Crippen molar-refractivity contribution in [1.29, 1.82) is 0 Å². The summed E-state index contributed by atoms with van der Waals surface area (Å²) in [7, 11) is 0. The van der Waals surface area contributed by atoms with Crippen molar-refractivity contribution >= 4 is 5.69 Å². The van der Waals surface area contributed by atoms with Crippen LogP contribution in [0.2, 0.25) is 0 Å². The van der Waals surface area contributed by atoms with Gasteiger partial charge < -0.3 is 5.73 Å². The van der Waals surface area contributed by atoms with Crippen LogP contribution in [0.15, 0.2) is 42.5 Å². The van der Waals surface area contributed by atoms with Crippen molar-refractivity contribution in [2.75, 3.05) is 12.3 Å². The Morgan fingerprint density at radius 2 is 1.57 bits per heavy atom. The first kappa shape index (κ1) is 15.6. The number of aryl methyl sites for hydroxylation is 2. The third kappa shape index (κ3) is 4.08. The van der Waals surface area contributed by atoms with Gasteiger partial charge in [0.25, 0.3) is 0 Å². The monoisotopic (exact) mass is 282 g/mol. The molecule has 0 fully saturated rings. The third-order valence-electron chi connectivity index (χ3n) is 4.02. The number of benzene rings is 2. The Kier molecular flexibility index (Phi) is 5.40. The lowest BCUT2D eigenvalue weighted by Gasteiger charge is -2.24. The average Bonchev–Trinajstić information content (AvgIpc) is 2.45. The maximum Gasteiger partial charge on any atom is 0.0359 e. The zero-order valence-electron chi connectivity index (χ0n) is 13.4. The minimum atomic E-state index is 0.889. The van der Waals surface area contributed by atoms with Crippen LogP contribution in [0.4, 0.5) is 5.69 Å². The van der Waals surface area contributed by atoms with E-state index in [0.29, 0.717) is 0 Å². The van der Waals surface area contributed by atoms with E-state index in [-0.39, 0.29) is 0 Å². The molecule has 21 heavy (non-hydrogen) atoms. The van der Waals surface area contributed by atoms with Crippen LogP contribution in [-0.4, -0.2) is 11.4 Å². The molecule has 112 valence electrons. The van der Waals surface area contributed by atoms with Crippen LogP contribution >= 0.6 is 0 Å². The standard InChI is InChI=1S/C19H26N2/c1-4-12-21(13-17-10-5-6-11-19(17)20)14-18-15(2)8-7-9-16(18)3/h5-11H,4,12-14,20H2,1-3H3. The second-order valence-corrected chi connectivity index (χ2v) is 5.78. The van der Waals surface area contributed by atoms with Gasteiger partial charge in [-0.1, -0.05) is 43.3 Å². The first-order chi connectivity index (χ1) is 10.1. The van der Waals surface area contributed by atoms with Gasteiger partial charge >= 0.3 is 0 Å². The molecule has 0 aliphatic rings. The highest BCUT2D eigenvalue weighted by Crippen LogP contribution is 2.19. The minimum Gasteiger partial charge on any atom is -0.398 e. The van der Waals surface area contributed by atoms with Crippen LogP contribution in [0.25, 0.3) is 0 Å². The zero-order valence-corrected chi connectivity index (χ0v) is 13.4. The Balaban J connectivity index is 2.18. The van der Waals surface area contributed by atoms with E-state index < -0.39 is 0 Å². The van der Waals surface area contributed by atoms with Crippen LogP contribution in [0.5, 0.6) is 0 Å². The number of rotatable bonds is 6. The van der Waals surface area contributed by atoms with Gasteiger partial charge in [0.05, 0.1) is 0 Å². The summed E-state index contributed by atoms with van der Waals surface area (Å²) in [6.07, 6.45) is 1.15. The number of nitrogen functional groups attached to an aromatic ring is 1. The van der Waals surface area contributed by atoms with Gasteiger partial charge in [-0.15, -0.1) is 0 Å². The Bertz CT molecular complexity index is 570. The molecule has 0 saturated heterocycles. The molecule has 2 aromatic carbocycles. The molecule has 2 aromatic rings. The highest BCUT2D eigenvalue weighted by atomic mass is 15.1. The lowest BCUT2D eigenvalue weighted by molar-refractivity contribution is 0.257. The van der Waals surface area contributed by atoms with E-state index in [4.69, 9.17) is 5.73 Å². The van der Waals surface area contributed by atoms with E-state index in [9.17, 15) is 0 Å². The van der Waals surface area contributed by atoms with Crippen molar-refractivity contribution in [3.05, 3.63) is 64.7 Å². The number of anilines is 1. The van der Waals surface area contributed by atoms with E-state index in [1.165, 1.54) is 22.3 Å². The summed E-state index contributed by atoms with van der Waals surface area (Å²) in [6, 6.07) is 14.7. The maximum absolute atomic E-state index is 6.09. The van der Waals surface area contributed by atoms with E-state index in [0.717, 1.165) is 31.7 Å². The van der Waals surface area contributed by atoms with E-state index in [1.807, 2.05) is 12.1 Å². The summed E-state index contributed by atoms with van der Waals surface area (Å²) < 4.78 is 0. The highest BCUT2D eigenvalue weighted by Gasteiger charge is 2.11. The van der Waals surface area contributed by atoms with Gasteiger partial charge in [0.15, 0.2) is 0 Å². The first-order valence-electron chi connectivity index (χ1n) is 7.72. The van der Waals surface area contributed by atoms with Gasteiger partial charge in [-0.05, 0) is 55.1 Å². The molecule has 0 aromatic heterocycles. The van der Waals surface area contributed by atoms with Crippen molar-refractivity contribution in [1.82, 2.24) is 4.90 Å². The summed E-state index contributed by atoms with van der Waals surface area (Å²) in [6.45, 7) is 9.61. The number of hydrogen-bond donors (Lipinski definition) is 1. The quantitative estimate of drug-likeness (QED) is 0.800. The van der Waals surface area contributed by atoms with E-state index in [2.05, 4.69) is 56.0 Å². The molecule has 0 bridgehead atoms. The molecule has 0 unspecified atom stereocenters. The Morgan fingerprint density at radius 3 is 2.19 bits per heavy atom. The van der Waals surface area contributed by atoms with Gasteiger partial charge in [-0.2, -0.15) is 0 Å². The number of nitrogens with two attached hydrogens (primary N) is 1. The minimum absolute atomic E-state index is 0.889. The Morgan fingerprint density at radius 1 is 0.905 bits per heavy atom. The second kappa shape index (κ2) is 7.28. The van der Waals surface area contributed by atoms with Crippen LogP contribution in [0.3, 0.4) is 0 Å². The molecule has 2 heteroatoms. The average molecular weight is 282 g/mol. The topological polar surface area (TPSA) is 29.3 Å². The lowest BCUT2D eigenvalue weighted by Crippen LogP contribution is -2.25. The molecular weight excluding hydrogens is 256 g/mol. The molecule has 0 amide bonds. The molecule has 0 aliphatic carbocycles. The summed E-state index contributed by atoms with van der Waals surface area (Å²) in [4.78, 5) is 2.49. The summed E-state index contributed by atoms with van der Waals surface area (Å²) in [5.41, 5.74) is 12.4. The molecule has 0 radical (unpaired) electrons. The van der Waals surface area contributed by atoms with E-state index >= 15 is 0 Å². The fraction of sp³-hybridized carbons (Fsp3) is 0.368. The molecule has 0 heterocycles. The molecular formula is C19H26N2. The molecule has 2 N–H and O–H groups in total. The van der Waals surface area contributed by atoms with Gasteiger partial charge in [0, 0.05) is 18.8 Å². The highest BCUT2D eigenvalue weighted by molar-refractivity contribution is 5.46. The number of hydrogen-bond acceptors (Lipinski definition) is 2. The van der Waals surface area contributed by atoms with Crippen LogP contribution in [0.1, 0.15) is 35.6 Å². The SMILES string of the molecule is CCCN(Cc1ccccc1N)Cc1c(C)cccc1C. The molecule has 2 nitrogen and oxygen atoms in total. The normalized spacial score (nSPS) is 11.0. The molecule has 0 saturated carbocycles. The molecule has 0 aliphatic heterocycles. The maximum atomic E-state index is 6.09.